The van der Waals surface area contributed by atoms with Gasteiger partial charge in [-0.25, -0.2) is 4.98 Å². The Morgan fingerprint density at radius 2 is 1.28 bits per heavy atom. The number of hydrogen-bond acceptors (Lipinski definition) is 2. The third-order valence-corrected chi connectivity index (χ3v) is 6.71. The highest BCUT2D eigenvalue weighted by Crippen LogP contribution is 2.38. The average Bonchev–Trinajstić information content (AvgIpc) is 3.40. The summed E-state index contributed by atoms with van der Waals surface area (Å²) in [5.41, 5.74) is 6.10. The highest BCUT2D eigenvalue weighted by atomic mass is 16.3. The Labute approximate surface area is 182 Å². The summed E-state index contributed by atoms with van der Waals surface area (Å²) >= 11 is 0. The molecule has 3 heteroatoms. The number of furan rings is 1. The second-order valence-corrected chi connectivity index (χ2v) is 8.47. The molecule has 0 aliphatic heterocycles. The van der Waals surface area contributed by atoms with Crippen LogP contribution in [-0.4, -0.2) is 9.38 Å². The van der Waals surface area contributed by atoms with Gasteiger partial charge < -0.3 is 4.42 Å². The maximum atomic E-state index is 6.25. The number of hydrogen-bond donors (Lipinski definition) is 0. The largest absolute Gasteiger partial charge is 0.456 e. The van der Waals surface area contributed by atoms with E-state index in [1.54, 1.807) is 0 Å². The van der Waals surface area contributed by atoms with E-state index in [9.17, 15) is 0 Å². The van der Waals surface area contributed by atoms with E-state index in [0.717, 1.165) is 49.5 Å². The second kappa shape index (κ2) is 5.65. The van der Waals surface area contributed by atoms with Crippen LogP contribution in [0.4, 0.5) is 0 Å². The van der Waals surface area contributed by atoms with Crippen LogP contribution < -0.4 is 0 Å². The van der Waals surface area contributed by atoms with Crippen molar-refractivity contribution in [2.24, 2.45) is 0 Å². The highest BCUT2D eigenvalue weighted by molar-refractivity contribution is 6.21. The van der Waals surface area contributed by atoms with E-state index in [0.29, 0.717) is 0 Å². The lowest BCUT2D eigenvalue weighted by Crippen LogP contribution is -1.92. The highest BCUT2D eigenvalue weighted by Gasteiger charge is 2.17. The molecule has 0 N–H and O–H groups in total. The Balaban J connectivity index is 1.72. The van der Waals surface area contributed by atoms with Crippen LogP contribution in [0.2, 0.25) is 0 Å². The molecule has 0 bridgehead atoms. The van der Waals surface area contributed by atoms with Gasteiger partial charge in [-0.1, -0.05) is 54.6 Å². The van der Waals surface area contributed by atoms with E-state index < -0.39 is 0 Å². The fourth-order valence-electron chi connectivity index (χ4n) is 5.26. The molecule has 3 aromatic heterocycles. The molecule has 0 atom stereocenters. The fraction of sp³-hybridized carbons (Fsp3) is 0. The third kappa shape index (κ3) is 1.98. The summed E-state index contributed by atoms with van der Waals surface area (Å²) in [6, 6.07) is 34.2. The van der Waals surface area contributed by atoms with Gasteiger partial charge in [-0.3, -0.25) is 4.40 Å². The zero-order valence-corrected chi connectivity index (χ0v) is 17.0. The van der Waals surface area contributed by atoms with Crippen molar-refractivity contribution in [2.45, 2.75) is 0 Å². The van der Waals surface area contributed by atoms with Gasteiger partial charge in [0.25, 0.3) is 0 Å². The van der Waals surface area contributed by atoms with Crippen LogP contribution in [0.1, 0.15) is 0 Å². The zero-order valence-electron chi connectivity index (χ0n) is 17.0. The first-order chi connectivity index (χ1) is 15.8. The SMILES string of the molecule is c1ccc2cc3c(cc2c1)c1cc2oc4ccccc4c2cc1n1c2ccccc2nc31. The standard InChI is InChI=1S/C29H16N2O/c1-2-8-18-14-23-20(13-17(18)7-1)21-16-28-22(19-9-3-6-12-27(19)32-28)15-26(21)31-25-11-5-4-10-24(25)30-29(23)31/h1-16H. The van der Waals surface area contributed by atoms with Crippen LogP contribution in [-0.2, 0) is 0 Å². The Hall–Kier alpha value is -4.37. The number of aromatic nitrogens is 2. The molecule has 0 amide bonds. The minimum atomic E-state index is 0.914. The number of benzene rings is 5. The van der Waals surface area contributed by atoms with Crippen molar-refractivity contribution in [2.75, 3.05) is 0 Å². The minimum absolute atomic E-state index is 0.914. The van der Waals surface area contributed by atoms with Crippen molar-refractivity contribution in [1.29, 1.82) is 0 Å². The molecule has 0 spiro atoms. The predicted molar refractivity (Wildman–Crippen MR) is 132 cm³/mol. The van der Waals surface area contributed by atoms with Gasteiger partial charge in [0.15, 0.2) is 0 Å². The van der Waals surface area contributed by atoms with Gasteiger partial charge in [-0.2, -0.15) is 0 Å². The first kappa shape index (κ1) is 16.3. The molecule has 8 aromatic rings. The molecule has 3 heterocycles. The number of nitrogens with zero attached hydrogens (tertiary/aromatic N) is 2. The number of imidazole rings is 1. The van der Waals surface area contributed by atoms with E-state index in [-0.39, 0.29) is 0 Å². The molecule has 148 valence electrons. The van der Waals surface area contributed by atoms with Gasteiger partial charge in [0.2, 0.25) is 0 Å². The van der Waals surface area contributed by atoms with Crippen LogP contribution in [0.25, 0.3) is 71.1 Å². The summed E-state index contributed by atoms with van der Waals surface area (Å²) in [4.78, 5) is 5.07. The maximum Gasteiger partial charge on any atom is 0.146 e. The quantitative estimate of drug-likeness (QED) is 0.189. The normalized spacial score (nSPS) is 12.4. The van der Waals surface area contributed by atoms with Crippen LogP contribution in [0, 0.1) is 0 Å². The molecule has 8 rings (SSSR count). The summed E-state index contributed by atoms with van der Waals surface area (Å²) in [5.74, 6) is 0. The fourth-order valence-corrected chi connectivity index (χ4v) is 5.26. The molecule has 32 heavy (non-hydrogen) atoms. The topological polar surface area (TPSA) is 30.4 Å². The third-order valence-electron chi connectivity index (χ3n) is 6.71. The van der Waals surface area contributed by atoms with Crippen molar-refractivity contribution in [1.82, 2.24) is 9.38 Å². The van der Waals surface area contributed by atoms with Crippen molar-refractivity contribution < 1.29 is 4.42 Å². The Kier molecular flexibility index (Phi) is 2.89. The van der Waals surface area contributed by atoms with Crippen molar-refractivity contribution in [3.05, 3.63) is 97.1 Å². The van der Waals surface area contributed by atoms with Gasteiger partial charge >= 0.3 is 0 Å². The Morgan fingerprint density at radius 3 is 2.19 bits per heavy atom. The first-order valence-electron chi connectivity index (χ1n) is 10.8. The van der Waals surface area contributed by atoms with Crippen LogP contribution >= 0.6 is 0 Å². The summed E-state index contributed by atoms with van der Waals surface area (Å²) < 4.78 is 8.56. The van der Waals surface area contributed by atoms with Crippen molar-refractivity contribution in [3.63, 3.8) is 0 Å². The summed E-state index contributed by atoms with van der Waals surface area (Å²) in [5, 5.41) is 8.25. The van der Waals surface area contributed by atoms with Gasteiger partial charge in [-0.15, -0.1) is 0 Å². The lowest BCUT2D eigenvalue weighted by Gasteiger charge is -2.11. The molecule has 0 aliphatic carbocycles. The molecular weight excluding hydrogens is 392 g/mol. The molecule has 0 radical (unpaired) electrons. The van der Waals surface area contributed by atoms with Gasteiger partial charge in [-0.05, 0) is 58.6 Å². The molecule has 3 nitrogen and oxygen atoms in total. The van der Waals surface area contributed by atoms with Crippen LogP contribution in [0.15, 0.2) is 101 Å². The smallest absolute Gasteiger partial charge is 0.146 e. The molecular formula is C29H16N2O. The van der Waals surface area contributed by atoms with E-state index >= 15 is 0 Å². The maximum absolute atomic E-state index is 6.25. The van der Waals surface area contributed by atoms with Gasteiger partial charge in [0.05, 0.1) is 16.6 Å². The molecule has 0 aliphatic rings. The van der Waals surface area contributed by atoms with Crippen LogP contribution in [0.5, 0.6) is 0 Å². The lowest BCUT2D eigenvalue weighted by molar-refractivity contribution is 0.669. The average molecular weight is 408 g/mol. The zero-order chi connectivity index (χ0) is 20.8. The number of fused-ring (bicyclic) bond motifs is 12. The first-order valence-corrected chi connectivity index (χ1v) is 10.8. The molecule has 5 aromatic carbocycles. The van der Waals surface area contributed by atoms with Gasteiger partial charge in [0, 0.05) is 21.5 Å². The van der Waals surface area contributed by atoms with Crippen molar-refractivity contribution >= 4 is 71.1 Å². The number of pyridine rings is 1. The molecule has 0 saturated carbocycles. The monoisotopic (exact) mass is 408 g/mol. The second-order valence-electron chi connectivity index (χ2n) is 8.47. The Morgan fingerprint density at radius 1 is 0.531 bits per heavy atom. The number of rotatable bonds is 0. The van der Waals surface area contributed by atoms with E-state index in [4.69, 9.17) is 9.40 Å². The molecule has 0 fully saturated rings. The van der Waals surface area contributed by atoms with E-state index in [2.05, 4.69) is 89.3 Å². The van der Waals surface area contributed by atoms with Gasteiger partial charge in [0.1, 0.15) is 16.8 Å². The van der Waals surface area contributed by atoms with E-state index in [1.165, 1.54) is 21.5 Å². The molecule has 0 unspecified atom stereocenters. The van der Waals surface area contributed by atoms with Crippen LogP contribution in [0.3, 0.4) is 0 Å². The predicted octanol–water partition coefficient (Wildman–Crippen LogP) is 7.85. The minimum Gasteiger partial charge on any atom is -0.456 e. The van der Waals surface area contributed by atoms with Crippen molar-refractivity contribution in [3.8, 4) is 0 Å². The van der Waals surface area contributed by atoms with E-state index in [1.807, 2.05) is 12.1 Å². The molecule has 0 saturated heterocycles. The lowest BCUT2D eigenvalue weighted by atomic mass is 10.00. The summed E-state index contributed by atoms with van der Waals surface area (Å²) in [6.07, 6.45) is 0. The Bertz CT molecular complexity index is 2040. The summed E-state index contributed by atoms with van der Waals surface area (Å²) in [6.45, 7) is 0. The number of para-hydroxylation sites is 3. The summed E-state index contributed by atoms with van der Waals surface area (Å²) in [7, 11) is 0.